The number of nitrogens with two attached hydrogens (primary N) is 2. The van der Waals surface area contributed by atoms with Gasteiger partial charge in [0.1, 0.15) is 5.54 Å². The van der Waals surface area contributed by atoms with Gasteiger partial charge in [-0.3, -0.25) is 9.59 Å². The van der Waals surface area contributed by atoms with E-state index in [1.54, 1.807) is 11.8 Å². The molecule has 23 heavy (non-hydrogen) atoms. The molecule has 0 bridgehead atoms. The zero-order valence-corrected chi connectivity index (χ0v) is 14.2. The fourth-order valence-corrected chi connectivity index (χ4v) is 3.34. The van der Waals surface area contributed by atoms with Gasteiger partial charge >= 0.3 is 13.1 Å². The molecule has 0 radical (unpaired) electrons. The van der Waals surface area contributed by atoms with Crippen molar-refractivity contribution in [2.24, 2.45) is 17.4 Å². The molecule has 8 nitrogen and oxygen atoms in total. The molecular formula is C13H26BN3O5S. The van der Waals surface area contributed by atoms with Crippen LogP contribution in [0.2, 0.25) is 6.32 Å². The maximum Gasteiger partial charge on any atom is 0.451 e. The lowest BCUT2D eigenvalue weighted by atomic mass is 9.78. The Morgan fingerprint density at radius 3 is 2.65 bits per heavy atom. The van der Waals surface area contributed by atoms with Gasteiger partial charge in [0, 0.05) is 19.0 Å². The van der Waals surface area contributed by atoms with Crippen LogP contribution < -0.4 is 11.5 Å². The van der Waals surface area contributed by atoms with Crippen LogP contribution in [0.15, 0.2) is 0 Å². The van der Waals surface area contributed by atoms with Gasteiger partial charge in [0.25, 0.3) is 0 Å². The summed E-state index contributed by atoms with van der Waals surface area (Å²) in [5.74, 6) is -1.11. The van der Waals surface area contributed by atoms with Crippen molar-refractivity contribution in [1.29, 1.82) is 0 Å². The molecule has 1 rings (SSSR count). The number of likely N-dealkylation sites (tertiary alicyclic amines) is 1. The molecule has 1 aliphatic rings. The number of nitrogens with zero attached hydrogens (tertiary/aromatic N) is 1. The topological polar surface area (TPSA) is 150 Å². The molecule has 132 valence electrons. The molecule has 0 aromatic carbocycles. The zero-order valence-electron chi connectivity index (χ0n) is 13.4. The number of amides is 1. The summed E-state index contributed by atoms with van der Waals surface area (Å²) >= 11 is 1.59. The predicted octanol–water partition coefficient (Wildman–Crippen LogP) is -1.44. The lowest BCUT2D eigenvalue weighted by Gasteiger charge is -2.25. The SMILES string of the molecule is CSCC[C@H](N)C(=O)N1CC(CCCB(O)O)[C@](N)(C(=O)O)C1. The van der Waals surface area contributed by atoms with E-state index in [9.17, 15) is 14.7 Å². The van der Waals surface area contributed by atoms with Crippen LogP contribution >= 0.6 is 11.8 Å². The second kappa shape index (κ2) is 8.88. The molecule has 0 aromatic rings. The summed E-state index contributed by atoms with van der Waals surface area (Å²) < 4.78 is 0. The van der Waals surface area contributed by atoms with Gasteiger partial charge in [-0.1, -0.05) is 6.42 Å². The number of hydrogen-bond acceptors (Lipinski definition) is 7. The standard InChI is InChI=1S/C13H26BN3O5S/c1-23-6-4-10(15)11(18)17-7-9(3-2-5-14(21)22)13(16,8-17)12(19)20/h9-10,21-22H,2-8,15-16H2,1H3,(H,19,20)/t9?,10-,13-/m0/s1. The average Bonchev–Trinajstić information content (AvgIpc) is 2.82. The maximum atomic E-state index is 12.4. The number of carboxylic acids is 1. The molecule has 3 atom stereocenters. The summed E-state index contributed by atoms with van der Waals surface area (Å²) in [6.45, 7) is 0.163. The smallest absolute Gasteiger partial charge is 0.451 e. The number of hydrogen-bond donors (Lipinski definition) is 5. The van der Waals surface area contributed by atoms with E-state index < -0.39 is 30.6 Å². The number of thioether (sulfide) groups is 1. The van der Waals surface area contributed by atoms with Crippen molar-refractivity contribution in [3.8, 4) is 0 Å². The Morgan fingerprint density at radius 2 is 2.13 bits per heavy atom. The Labute approximate surface area is 140 Å². The van der Waals surface area contributed by atoms with E-state index in [1.165, 1.54) is 4.90 Å². The van der Waals surface area contributed by atoms with Gasteiger partial charge in [0.15, 0.2) is 0 Å². The minimum absolute atomic E-state index is 0.0690. The predicted molar refractivity (Wildman–Crippen MR) is 89.8 cm³/mol. The molecule has 1 aliphatic heterocycles. The summed E-state index contributed by atoms with van der Waals surface area (Å²) in [7, 11) is -1.42. The number of aliphatic carboxylic acids is 1. The van der Waals surface area contributed by atoms with Crippen LogP contribution in [0.1, 0.15) is 19.3 Å². The molecule has 0 spiro atoms. The van der Waals surface area contributed by atoms with Gasteiger partial charge in [-0.05, 0) is 31.2 Å². The first-order chi connectivity index (χ1) is 10.7. The van der Waals surface area contributed by atoms with Crippen LogP contribution in [0.25, 0.3) is 0 Å². The quantitative estimate of drug-likeness (QED) is 0.318. The van der Waals surface area contributed by atoms with Crippen molar-refractivity contribution >= 4 is 30.8 Å². The summed E-state index contributed by atoms with van der Waals surface area (Å²) in [5, 5.41) is 27.2. The van der Waals surface area contributed by atoms with Crippen molar-refractivity contribution in [3.63, 3.8) is 0 Å². The van der Waals surface area contributed by atoms with E-state index in [0.29, 0.717) is 19.3 Å². The van der Waals surface area contributed by atoms with Crippen molar-refractivity contribution in [2.45, 2.75) is 37.2 Å². The first-order valence-corrected chi connectivity index (χ1v) is 9.03. The Morgan fingerprint density at radius 1 is 1.48 bits per heavy atom. The summed E-state index contributed by atoms with van der Waals surface area (Å²) in [5.41, 5.74) is 10.4. The largest absolute Gasteiger partial charge is 0.480 e. The fourth-order valence-electron chi connectivity index (χ4n) is 2.85. The Hall–Kier alpha value is -0.805. The highest BCUT2D eigenvalue weighted by Crippen LogP contribution is 2.31. The van der Waals surface area contributed by atoms with Crippen molar-refractivity contribution in [1.82, 2.24) is 4.90 Å². The van der Waals surface area contributed by atoms with Gasteiger partial charge in [-0.25, -0.2) is 0 Å². The van der Waals surface area contributed by atoms with Gasteiger partial charge in [-0.2, -0.15) is 11.8 Å². The second-order valence-corrected chi connectivity index (χ2v) is 7.05. The highest BCUT2D eigenvalue weighted by atomic mass is 32.2. The van der Waals surface area contributed by atoms with Gasteiger partial charge in [0.05, 0.1) is 6.04 Å². The van der Waals surface area contributed by atoms with Crippen LogP contribution in [0.5, 0.6) is 0 Å². The Bertz CT molecular complexity index is 428. The molecule has 1 fully saturated rings. The van der Waals surface area contributed by atoms with E-state index in [-0.39, 0.29) is 25.3 Å². The number of carboxylic acid groups (broad SMARTS) is 1. The van der Waals surface area contributed by atoms with Crippen LogP contribution in [-0.2, 0) is 9.59 Å². The third-order valence-corrected chi connectivity index (χ3v) is 4.94. The Kier molecular flexibility index (Phi) is 7.82. The van der Waals surface area contributed by atoms with Crippen molar-refractivity contribution in [2.75, 3.05) is 25.1 Å². The van der Waals surface area contributed by atoms with Gasteiger partial charge < -0.3 is 31.5 Å². The molecule has 1 heterocycles. The normalized spacial score (nSPS) is 25.4. The van der Waals surface area contributed by atoms with E-state index >= 15 is 0 Å². The van der Waals surface area contributed by atoms with Crippen LogP contribution in [0, 0.1) is 5.92 Å². The number of rotatable bonds is 9. The van der Waals surface area contributed by atoms with Crippen LogP contribution in [0.3, 0.4) is 0 Å². The average molecular weight is 347 g/mol. The summed E-state index contributed by atoms with van der Waals surface area (Å²) in [6.07, 6.45) is 3.43. The molecule has 1 unspecified atom stereocenters. The first kappa shape index (κ1) is 20.2. The fraction of sp³-hybridized carbons (Fsp3) is 0.846. The van der Waals surface area contributed by atoms with E-state index in [2.05, 4.69) is 0 Å². The summed E-state index contributed by atoms with van der Waals surface area (Å²) in [6, 6.07) is -0.654. The Balaban J connectivity index is 2.71. The molecular weight excluding hydrogens is 321 g/mol. The first-order valence-electron chi connectivity index (χ1n) is 7.64. The second-order valence-electron chi connectivity index (χ2n) is 6.06. The highest BCUT2D eigenvalue weighted by Gasteiger charge is 2.50. The molecule has 0 aromatic heterocycles. The lowest BCUT2D eigenvalue weighted by molar-refractivity contribution is -0.144. The zero-order chi connectivity index (χ0) is 17.6. The van der Waals surface area contributed by atoms with Crippen molar-refractivity contribution in [3.05, 3.63) is 0 Å². The molecule has 0 aliphatic carbocycles. The number of carbonyl (C=O) groups excluding carboxylic acids is 1. The minimum atomic E-state index is -1.52. The van der Waals surface area contributed by atoms with Gasteiger partial charge in [0.2, 0.25) is 5.91 Å². The molecule has 10 heteroatoms. The molecule has 0 saturated carbocycles. The van der Waals surface area contributed by atoms with Crippen LogP contribution in [0.4, 0.5) is 0 Å². The highest BCUT2D eigenvalue weighted by molar-refractivity contribution is 7.98. The van der Waals surface area contributed by atoms with Crippen LogP contribution in [-0.4, -0.2) is 75.7 Å². The van der Waals surface area contributed by atoms with Gasteiger partial charge in [-0.15, -0.1) is 0 Å². The summed E-state index contributed by atoms with van der Waals surface area (Å²) in [4.78, 5) is 25.3. The van der Waals surface area contributed by atoms with Crippen molar-refractivity contribution < 1.29 is 24.7 Å². The molecule has 1 saturated heterocycles. The molecule has 7 N–H and O–H groups in total. The minimum Gasteiger partial charge on any atom is -0.480 e. The monoisotopic (exact) mass is 347 g/mol. The lowest BCUT2D eigenvalue weighted by Crippen LogP contribution is -2.55. The third-order valence-electron chi connectivity index (χ3n) is 4.30. The molecule has 1 amide bonds. The van der Waals surface area contributed by atoms with E-state index in [4.69, 9.17) is 21.5 Å². The number of carbonyl (C=O) groups is 2. The third kappa shape index (κ3) is 5.35. The maximum absolute atomic E-state index is 12.4. The van der Waals surface area contributed by atoms with E-state index in [0.717, 1.165) is 5.75 Å². The van der Waals surface area contributed by atoms with E-state index in [1.807, 2.05) is 6.26 Å².